The van der Waals surface area contributed by atoms with Gasteiger partial charge in [0.2, 0.25) is 5.78 Å². The monoisotopic (exact) mass is 401 g/mol. The van der Waals surface area contributed by atoms with Gasteiger partial charge in [-0.2, -0.15) is 0 Å². The highest BCUT2D eigenvalue weighted by molar-refractivity contribution is 8.04. The Labute approximate surface area is 173 Å². The van der Waals surface area contributed by atoms with Crippen molar-refractivity contribution in [3.63, 3.8) is 0 Å². The molecule has 0 spiro atoms. The number of aryl methyl sites for hydroxylation is 1. The van der Waals surface area contributed by atoms with Gasteiger partial charge in [0.25, 0.3) is 5.91 Å². The van der Waals surface area contributed by atoms with E-state index in [0.717, 1.165) is 27.3 Å². The van der Waals surface area contributed by atoms with Gasteiger partial charge >= 0.3 is 0 Å². The van der Waals surface area contributed by atoms with E-state index in [4.69, 9.17) is 4.74 Å². The van der Waals surface area contributed by atoms with Crippen LogP contribution < -0.4 is 10.1 Å². The summed E-state index contributed by atoms with van der Waals surface area (Å²) < 4.78 is 5.56. The number of nitrogens with one attached hydrogen (secondary N) is 1. The fourth-order valence-electron chi connectivity index (χ4n) is 2.93. The minimum absolute atomic E-state index is 0.0544. The van der Waals surface area contributed by atoms with E-state index in [0.29, 0.717) is 10.7 Å². The number of hydrogen-bond acceptors (Lipinski definition) is 4. The van der Waals surface area contributed by atoms with Crippen molar-refractivity contribution in [1.82, 2.24) is 0 Å². The second-order valence-electron chi connectivity index (χ2n) is 6.71. The summed E-state index contributed by atoms with van der Waals surface area (Å²) in [6.45, 7) is 1.92. The Morgan fingerprint density at radius 3 is 2.45 bits per heavy atom. The van der Waals surface area contributed by atoms with Crippen LogP contribution >= 0.6 is 11.8 Å². The van der Waals surface area contributed by atoms with Gasteiger partial charge in [-0.3, -0.25) is 9.59 Å². The van der Waals surface area contributed by atoms with Crippen LogP contribution in [0.25, 0.3) is 6.08 Å². The van der Waals surface area contributed by atoms with Gasteiger partial charge in [-0.15, -0.1) is 0 Å². The number of ketones is 1. The maximum Gasteiger partial charge on any atom is 0.262 e. The normalized spacial score (nSPS) is 14.0. The molecule has 1 amide bonds. The fraction of sp³-hybridized carbons (Fsp3) is 0.0833. The third-order valence-corrected chi connectivity index (χ3v) is 5.56. The van der Waals surface area contributed by atoms with E-state index in [1.807, 2.05) is 73.7 Å². The second kappa shape index (κ2) is 8.37. The lowest BCUT2D eigenvalue weighted by molar-refractivity contribution is -0.118. The Balaban J connectivity index is 1.34. The van der Waals surface area contributed by atoms with Crippen molar-refractivity contribution < 1.29 is 14.3 Å². The minimum atomic E-state index is -0.217. The number of carbonyl (C=O) groups is 2. The molecule has 5 heteroatoms. The summed E-state index contributed by atoms with van der Waals surface area (Å²) in [7, 11) is 0. The van der Waals surface area contributed by atoms with Crippen LogP contribution in [-0.2, 0) is 4.79 Å². The third-order valence-electron chi connectivity index (χ3n) is 4.46. The number of anilines is 1. The van der Waals surface area contributed by atoms with E-state index in [-0.39, 0.29) is 18.3 Å². The summed E-state index contributed by atoms with van der Waals surface area (Å²) in [5.41, 5.74) is 3.54. The molecule has 3 aromatic carbocycles. The van der Waals surface area contributed by atoms with E-state index in [2.05, 4.69) is 5.32 Å². The summed E-state index contributed by atoms with van der Waals surface area (Å²) in [4.78, 5) is 26.2. The van der Waals surface area contributed by atoms with Crippen LogP contribution in [0.1, 0.15) is 21.5 Å². The number of ether oxygens (including phenoxy) is 1. The van der Waals surface area contributed by atoms with Crippen LogP contribution in [-0.4, -0.2) is 18.3 Å². The summed E-state index contributed by atoms with van der Waals surface area (Å²) in [6, 6.07) is 22.5. The highest BCUT2D eigenvalue weighted by Crippen LogP contribution is 2.40. The molecule has 1 aliphatic heterocycles. The predicted octanol–water partition coefficient (Wildman–Crippen LogP) is 5.34. The maximum atomic E-state index is 12.5. The van der Waals surface area contributed by atoms with E-state index in [1.54, 1.807) is 12.1 Å². The molecule has 0 bridgehead atoms. The number of thioether (sulfide) groups is 1. The molecule has 1 aliphatic rings. The number of amides is 1. The Bertz CT molecular complexity index is 1090. The van der Waals surface area contributed by atoms with Crippen molar-refractivity contribution in [2.24, 2.45) is 0 Å². The van der Waals surface area contributed by atoms with E-state index in [9.17, 15) is 9.59 Å². The van der Waals surface area contributed by atoms with Crippen molar-refractivity contribution in [3.05, 3.63) is 94.4 Å². The van der Waals surface area contributed by atoms with Gasteiger partial charge in [-0.1, -0.05) is 53.7 Å². The maximum absolute atomic E-state index is 12.5. The van der Waals surface area contributed by atoms with Crippen molar-refractivity contribution in [2.45, 2.75) is 11.8 Å². The molecular formula is C24H19NO3S. The number of benzene rings is 3. The molecule has 4 rings (SSSR count). The van der Waals surface area contributed by atoms with Crippen LogP contribution in [0.3, 0.4) is 0 Å². The SMILES string of the molecule is Cc1ccc(NC(=O)COc2ccc(/C=C3\Sc4ccccc4C3=O)cc2)cc1. The molecule has 144 valence electrons. The smallest absolute Gasteiger partial charge is 0.262 e. The highest BCUT2D eigenvalue weighted by atomic mass is 32.2. The van der Waals surface area contributed by atoms with Gasteiger partial charge in [-0.25, -0.2) is 0 Å². The van der Waals surface area contributed by atoms with Crippen molar-refractivity contribution in [2.75, 3.05) is 11.9 Å². The molecule has 1 heterocycles. The average Bonchev–Trinajstić information content (AvgIpc) is 3.05. The standard InChI is InChI=1S/C24H19NO3S/c1-16-6-10-18(11-7-16)25-23(26)15-28-19-12-8-17(9-13-19)14-22-24(27)20-4-2-3-5-21(20)29-22/h2-14H,15H2,1H3,(H,25,26)/b22-14-. The molecule has 0 fully saturated rings. The molecule has 0 atom stereocenters. The van der Waals surface area contributed by atoms with Crippen LogP contribution in [0.5, 0.6) is 5.75 Å². The van der Waals surface area contributed by atoms with Crippen LogP contribution in [0.4, 0.5) is 5.69 Å². The molecule has 0 unspecified atom stereocenters. The third kappa shape index (κ3) is 4.58. The van der Waals surface area contributed by atoms with E-state index in [1.165, 1.54) is 11.8 Å². The summed E-state index contributed by atoms with van der Waals surface area (Å²) in [5.74, 6) is 0.435. The first-order valence-corrected chi connectivity index (χ1v) is 10.0. The predicted molar refractivity (Wildman–Crippen MR) is 116 cm³/mol. The molecule has 0 aliphatic carbocycles. The molecule has 1 N–H and O–H groups in total. The number of fused-ring (bicyclic) bond motifs is 1. The molecule has 0 saturated heterocycles. The lowest BCUT2D eigenvalue weighted by Crippen LogP contribution is -2.20. The summed E-state index contributed by atoms with van der Waals surface area (Å²) >= 11 is 1.49. The molecule has 29 heavy (non-hydrogen) atoms. The van der Waals surface area contributed by atoms with Gasteiger partial charge in [-0.05, 0) is 55.0 Å². The minimum Gasteiger partial charge on any atom is -0.484 e. The fourth-order valence-corrected chi connectivity index (χ4v) is 3.98. The quantitative estimate of drug-likeness (QED) is 0.586. The lowest BCUT2D eigenvalue weighted by Gasteiger charge is -2.08. The zero-order chi connectivity index (χ0) is 20.2. The van der Waals surface area contributed by atoms with Crippen molar-refractivity contribution in [1.29, 1.82) is 0 Å². The van der Waals surface area contributed by atoms with Gasteiger partial charge in [0.05, 0.1) is 4.91 Å². The van der Waals surface area contributed by atoms with Crippen LogP contribution in [0.2, 0.25) is 0 Å². The largest absolute Gasteiger partial charge is 0.484 e. The zero-order valence-corrected chi connectivity index (χ0v) is 16.7. The topological polar surface area (TPSA) is 55.4 Å². The number of hydrogen-bond donors (Lipinski definition) is 1. The number of allylic oxidation sites excluding steroid dienone is 1. The second-order valence-corrected chi connectivity index (χ2v) is 7.79. The molecular weight excluding hydrogens is 382 g/mol. The van der Waals surface area contributed by atoms with Crippen molar-refractivity contribution in [3.8, 4) is 5.75 Å². The summed E-state index contributed by atoms with van der Waals surface area (Å²) in [5, 5.41) is 2.80. The van der Waals surface area contributed by atoms with Gasteiger partial charge in [0, 0.05) is 16.1 Å². The van der Waals surface area contributed by atoms with Gasteiger partial charge < -0.3 is 10.1 Å². The summed E-state index contributed by atoms with van der Waals surface area (Å²) in [6.07, 6.45) is 1.88. The Morgan fingerprint density at radius 1 is 1.00 bits per heavy atom. The van der Waals surface area contributed by atoms with Crippen LogP contribution in [0, 0.1) is 6.92 Å². The first kappa shape index (κ1) is 19.0. The number of rotatable bonds is 5. The number of Topliss-reactive ketones (excluding diaryl/α,β-unsaturated/α-hetero) is 1. The van der Waals surface area contributed by atoms with Gasteiger partial charge in [0.15, 0.2) is 6.61 Å². The molecule has 0 saturated carbocycles. The Hall–Kier alpha value is -3.31. The van der Waals surface area contributed by atoms with Gasteiger partial charge in [0.1, 0.15) is 5.75 Å². The molecule has 0 radical (unpaired) electrons. The van der Waals surface area contributed by atoms with E-state index >= 15 is 0 Å². The zero-order valence-electron chi connectivity index (χ0n) is 15.8. The first-order valence-electron chi connectivity index (χ1n) is 9.21. The van der Waals surface area contributed by atoms with Crippen LogP contribution in [0.15, 0.2) is 82.6 Å². The van der Waals surface area contributed by atoms with Crippen molar-refractivity contribution >= 4 is 35.2 Å². The highest BCUT2D eigenvalue weighted by Gasteiger charge is 2.24. The Morgan fingerprint density at radius 2 is 1.72 bits per heavy atom. The molecule has 0 aromatic heterocycles. The lowest BCUT2D eigenvalue weighted by atomic mass is 10.1. The average molecular weight is 401 g/mol. The number of carbonyl (C=O) groups excluding carboxylic acids is 2. The molecule has 4 nitrogen and oxygen atoms in total. The Kier molecular flexibility index (Phi) is 5.49. The first-order chi connectivity index (χ1) is 14.1. The van der Waals surface area contributed by atoms with E-state index < -0.39 is 0 Å². The molecule has 3 aromatic rings.